The van der Waals surface area contributed by atoms with Crippen LogP contribution in [0.4, 0.5) is 0 Å². The smallest absolute Gasteiger partial charge is 0.323 e. The van der Waals surface area contributed by atoms with Crippen LogP contribution in [0, 0.1) is 0 Å². The van der Waals surface area contributed by atoms with E-state index in [1.807, 2.05) is 6.92 Å². The van der Waals surface area contributed by atoms with Gasteiger partial charge in [0, 0.05) is 26.1 Å². The molecule has 3 saturated heterocycles. The maximum absolute atomic E-state index is 11.8. The highest BCUT2D eigenvalue weighted by Gasteiger charge is 2.37. The van der Waals surface area contributed by atoms with Crippen molar-refractivity contribution in [1.82, 2.24) is 9.80 Å². The topological polar surface area (TPSA) is 42.0 Å². The molecule has 0 aliphatic carbocycles. The molecule has 0 spiro atoms. The number of carbonyl (C=O) groups excluding carboxylic acids is 1. The predicted molar refractivity (Wildman–Crippen MR) is 80.2 cm³/mol. The first-order chi connectivity index (χ1) is 10.2. The molecule has 0 aromatic carbocycles. The molecule has 0 N–H and O–H groups in total. The fourth-order valence-corrected chi connectivity index (χ4v) is 3.74. The number of ether oxygens (including phenoxy) is 2. The largest absolute Gasteiger partial charge is 0.461 e. The molecular weight excluding hydrogens is 268 g/mol. The number of cyclic esters (lactones) is 1. The Hall–Kier alpha value is -0.650. The summed E-state index contributed by atoms with van der Waals surface area (Å²) < 4.78 is 11.3. The lowest BCUT2D eigenvalue weighted by Gasteiger charge is -2.34. The minimum Gasteiger partial charge on any atom is -0.461 e. The molecule has 21 heavy (non-hydrogen) atoms. The second-order valence-electron chi connectivity index (χ2n) is 6.65. The molecule has 3 fully saturated rings. The first kappa shape index (κ1) is 15.3. The van der Waals surface area contributed by atoms with Gasteiger partial charge in [-0.15, -0.1) is 0 Å². The van der Waals surface area contributed by atoms with E-state index in [1.54, 1.807) is 0 Å². The molecule has 0 saturated carbocycles. The number of esters is 1. The van der Waals surface area contributed by atoms with E-state index in [4.69, 9.17) is 9.47 Å². The van der Waals surface area contributed by atoms with Gasteiger partial charge >= 0.3 is 5.97 Å². The number of nitrogens with zero attached hydrogens (tertiary/aromatic N) is 2. The Bertz CT molecular complexity index is 349. The van der Waals surface area contributed by atoms with Crippen LogP contribution < -0.4 is 0 Å². The van der Waals surface area contributed by atoms with Crippen molar-refractivity contribution in [2.75, 3.05) is 39.3 Å². The van der Waals surface area contributed by atoms with Gasteiger partial charge in [0.1, 0.15) is 12.1 Å². The maximum Gasteiger partial charge on any atom is 0.323 e. The molecule has 3 aliphatic heterocycles. The average molecular weight is 296 g/mol. The van der Waals surface area contributed by atoms with Crippen molar-refractivity contribution in [3.05, 3.63) is 0 Å². The van der Waals surface area contributed by atoms with Crippen molar-refractivity contribution >= 4 is 5.97 Å². The summed E-state index contributed by atoms with van der Waals surface area (Å²) >= 11 is 0. The molecule has 3 heterocycles. The Balaban J connectivity index is 1.34. The van der Waals surface area contributed by atoms with E-state index < -0.39 is 0 Å². The van der Waals surface area contributed by atoms with Gasteiger partial charge in [0.2, 0.25) is 0 Å². The Labute approximate surface area is 127 Å². The van der Waals surface area contributed by atoms with Crippen LogP contribution >= 0.6 is 0 Å². The number of hydrogen-bond acceptors (Lipinski definition) is 5. The van der Waals surface area contributed by atoms with Crippen molar-refractivity contribution in [3.8, 4) is 0 Å². The summed E-state index contributed by atoms with van der Waals surface area (Å²) in [7, 11) is 0. The minimum atomic E-state index is -0.0316. The summed E-state index contributed by atoms with van der Waals surface area (Å²) in [6.45, 7) is 8.31. The molecule has 0 bridgehead atoms. The van der Waals surface area contributed by atoms with Crippen LogP contribution in [0.3, 0.4) is 0 Å². The van der Waals surface area contributed by atoms with E-state index in [0.717, 1.165) is 45.5 Å². The molecule has 120 valence electrons. The van der Waals surface area contributed by atoms with Crippen molar-refractivity contribution in [3.63, 3.8) is 0 Å². The van der Waals surface area contributed by atoms with Crippen LogP contribution in [0.2, 0.25) is 0 Å². The van der Waals surface area contributed by atoms with E-state index >= 15 is 0 Å². The van der Waals surface area contributed by atoms with E-state index in [9.17, 15) is 4.79 Å². The third-order valence-corrected chi connectivity index (χ3v) is 5.02. The van der Waals surface area contributed by atoms with Gasteiger partial charge < -0.3 is 14.4 Å². The number of rotatable bonds is 5. The standard InChI is InChI=1S/C16H28N2O3/c1-13-12-15(16(19)21-13)18-8-4-14(5-9-18)20-11-10-17-6-2-3-7-17/h13-15H,2-12H2,1H3. The van der Waals surface area contributed by atoms with Gasteiger partial charge in [-0.2, -0.15) is 0 Å². The van der Waals surface area contributed by atoms with Crippen LogP contribution in [0.25, 0.3) is 0 Å². The van der Waals surface area contributed by atoms with Gasteiger partial charge in [-0.3, -0.25) is 9.69 Å². The fourth-order valence-electron chi connectivity index (χ4n) is 3.74. The lowest BCUT2D eigenvalue weighted by atomic mass is 10.0. The zero-order chi connectivity index (χ0) is 14.7. The minimum absolute atomic E-state index is 0.00875. The van der Waals surface area contributed by atoms with Gasteiger partial charge in [0.15, 0.2) is 0 Å². The zero-order valence-corrected chi connectivity index (χ0v) is 13.1. The number of likely N-dealkylation sites (tertiary alicyclic amines) is 2. The van der Waals surface area contributed by atoms with Crippen LogP contribution in [-0.4, -0.2) is 73.3 Å². The van der Waals surface area contributed by atoms with Crippen LogP contribution in [0.15, 0.2) is 0 Å². The molecular formula is C16H28N2O3. The first-order valence-electron chi connectivity index (χ1n) is 8.51. The van der Waals surface area contributed by atoms with Crippen molar-refractivity contribution < 1.29 is 14.3 Å². The lowest BCUT2D eigenvalue weighted by molar-refractivity contribution is -0.145. The third kappa shape index (κ3) is 3.96. The molecule has 5 nitrogen and oxygen atoms in total. The van der Waals surface area contributed by atoms with Gasteiger partial charge in [0.05, 0.1) is 12.7 Å². The van der Waals surface area contributed by atoms with Crippen molar-refractivity contribution in [1.29, 1.82) is 0 Å². The number of hydrogen-bond donors (Lipinski definition) is 0. The molecule has 0 amide bonds. The highest BCUT2D eigenvalue weighted by Crippen LogP contribution is 2.24. The molecule has 3 rings (SSSR count). The van der Waals surface area contributed by atoms with E-state index in [2.05, 4.69) is 9.80 Å². The Morgan fingerprint density at radius 2 is 1.90 bits per heavy atom. The van der Waals surface area contributed by atoms with E-state index in [1.165, 1.54) is 25.9 Å². The summed E-state index contributed by atoms with van der Waals surface area (Å²) in [5, 5.41) is 0. The van der Waals surface area contributed by atoms with Crippen molar-refractivity contribution in [2.24, 2.45) is 0 Å². The van der Waals surface area contributed by atoms with Gasteiger partial charge in [0.25, 0.3) is 0 Å². The third-order valence-electron chi connectivity index (χ3n) is 5.02. The van der Waals surface area contributed by atoms with Crippen molar-refractivity contribution in [2.45, 2.75) is 57.3 Å². The fraction of sp³-hybridized carbons (Fsp3) is 0.938. The second-order valence-corrected chi connectivity index (χ2v) is 6.65. The molecule has 0 radical (unpaired) electrons. The Morgan fingerprint density at radius 1 is 1.19 bits per heavy atom. The first-order valence-corrected chi connectivity index (χ1v) is 8.51. The average Bonchev–Trinajstić information content (AvgIpc) is 3.09. The molecule has 0 aromatic heterocycles. The molecule has 5 heteroatoms. The maximum atomic E-state index is 11.8. The summed E-state index contributed by atoms with van der Waals surface area (Å²) in [4.78, 5) is 16.6. The summed E-state index contributed by atoms with van der Waals surface area (Å²) in [5.74, 6) is -0.0316. The monoisotopic (exact) mass is 296 g/mol. The molecule has 2 atom stereocenters. The normalized spacial score (nSPS) is 32.7. The van der Waals surface area contributed by atoms with Crippen LogP contribution in [0.5, 0.6) is 0 Å². The van der Waals surface area contributed by atoms with Crippen LogP contribution in [-0.2, 0) is 14.3 Å². The highest BCUT2D eigenvalue weighted by atomic mass is 16.6. The predicted octanol–water partition coefficient (Wildman–Crippen LogP) is 1.27. The lowest BCUT2D eigenvalue weighted by Crippen LogP contribution is -2.45. The van der Waals surface area contributed by atoms with Gasteiger partial charge in [-0.25, -0.2) is 0 Å². The SMILES string of the molecule is CC1CC(N2CCC(OCCN3CCCC3)CC2)C(=O)O1. The van der Waals surface area contributed by atoms with E-state index in [0.29, 0.717) is 6.10 Å². The second kappa shape index (κ2) is 7.07. The Morgan fingerprint density at radius 3 is 2.52 bits per heavy atom. The number of piperidine rings is 1. The summed E-state index contributed by atoms with van der Waals surface area (Å²) in [5.41, 5.74) is 0. The molecule has 0 aromatic rings. The zero-order valence-electron chi connectivity index (χ0n) is 13.1. The molecule has 3 aliphatic rings. The Kier molecular flexibility index (Phi) is 5.14. The van der Waals surface area contributed by atoms with Gasteiger partial charge in [-0.1, -0.05) is 0 Å². The summed E-state index contributed by atoms with van der Waals surface area (Å²) in [6, 6.07) is -0.00875. The highest BCUT2D eigenvalue weighted by molar-refractivity contribution is 5.78. The summed E-state index contributed by atoms with van der Waals surface area (Å²) in [6.07, 6.45) is 6.06. The van der Waals surface area contributed by atoms with E-state index in [-0.39, 0.29) is 18.1 Å². The number of carbonyl (C=O) groups is 1. The van der Waals surface area contributed by atoms with Gasteiger partial charge in [-0.05, 0) is 45.7 Å². The van der Waals surface area contributed by atoms with Crippen LogP contribution in [0.1, 0.15) is 39.0 Å². The molecule has 2 unspecified atom stereocenters. The quantitative estimate of drug-likeness (QED) is 0.715.